The summed E-state index contributed by atoms with van der Waals surface area (Å²) in [4.78, 5) is 0. The molecule has 172 valence electrons. The van der Waals surface area contributed by atoms with Gasteiger partial charge in [0.05, 0.1) is 0 Å². The van der Waals surface area contributed by atoms with Crippen molar-refractivity contribution in [3.8, 4) is 23.0 Å². The molecular formula is C28H30O4Se. The van der Waals surface area contributed by atoms with Gasteiger partial charge >= 0.3 is 120 Å². The van der Waals surface area contributed by atoms with Crippen molar-refractivity contribution in [1.29, 1.82) is 0 Å². The Morgan fingerprint density at radius 3 is 1.09 bits per heavy atom. The Morgan fingerprint density at radius 2 is 0.818 bits per heavy atom. The molecule has 0 radical (unpaired) electrons. The number of rotatable bonds is 2. The number of aromatic hydroxyl groups is 4. The first-order valence-electron chi connectivity index (χ1n) is 10.4. The summed E-state index contributed by atoms with van der Waals surface area (Å²) in [5.41, 5.74) is 4.05. The van der Waals surface area contributed by atoms with Gasteiger partial charge in [-0.15, -0.1) is 0 Å². The van der Waals surface area contributed by atoms with Crippen molar-refractivity contribution >= 4 is 23.9 Å². The fourth-order valence-electron chi connectivity index (χ4n) is 2.97. The van der Waals surface area contributed by atoms with Crippen LogP contribution < -0.4 is 8.92 Å². The number of hydrogen-bond acceptors (Lipinski definition) is 4. The Hall–Kier alpha value is -3.40. The number of phenols is 4. The molecule has 4 nitrogen and oxygen atoms in total. The SMILES string of the molecule is Cc1cc(C)c(O)c([Se]c2cc(C)cc(C)c2O)c1.Oc1ccccc1.Oc1ccccc1. The van der Waals surface area contributed by atoms with E-state index in [4.69, 9.17) is 10.2 Å². The molecule has 0 heterocycles. The van der Waals surface area contributed by atoms with E-state index in [1.807, 2.05) is 64.1 Å². The van der Waals surface area contributed by atoms with E-state index in [9.17, 15) is 10.2 Å². The summed E-state index contributed by atoms with van der Waals surface area (Å²) in [5, 5.41) is 37.6. The molecule has 0 amide bonds. The molecule has 4 N–H and O–H groups in total. The molecule has 0 unspecified atom stereocenters. The van der Waals surface area contributed by atoms with E-state index in [0.29, 0.717) is 23.0 Å². The summed E-state index contributed by atoms with van der Waals surface area (Å²) in [6.07, 6.45) is 0. The van der Waals surface area contributed by atoms with Gasteiger partial charge in [-0.25, -0.2) is 0 Å². The number of para-hydroxylation sites is 2. The van der Waals surface area contributed by atoms with Crippen LogP contribution in [0.15, 0.2) is 84.9 Å². The van der Waals surface area contributed by atoms with Crippen LogP contribution in [0.1, 0.15) is 22.3 Å². The van der Waals surface area contributed by atoms with E-state index in [1.54, 1.807) is 48.5 Å². The molecule has 0 saturated carbocycles. The summed E-state index contributed by atoms with van der Waals surface area (Å²) >= 11 is -0.0955. The first-order chi connectivity index (χ1) is 15.7. The fourth-order valence-corrected chi connectivity index (χ4v) is 5.58. The monoisotopic (exact) mass is 510 g/mol. The number of aryl methyl sites for hydroxylation is 4. The molecule has 0 aliphatic heterocycles. The van der Waals surface area contributed by atoms with Crippen molar-refractivity contribution in [2.45, 2.75) is 27.7 Å². The van der Waals surface area contributed by atoms with Crippen LogP contribution in [0, 0.1) is 27.7 Å². The quantitative estimate of drug-likeness (QED) is 0.294. The van der Waals surface area contributed by atoms with Gasteiger partial charge in [0.15, 0.2) is 0 Å². The van der Waals surface area contributed by atoms with Crippen LogP contribution in [-0.2, 0) is 0 Å². The average molecular weight is 510 g/mol. The maximum Gasteiger partial charge on any atom is 0.115 e. The summed E-state index contributed by atoms with van der Waals surface area (Å²) < 4.78 is 1.84. The summed E-state index contributed by atoms with van der Waals surface area (Å²) in [6.45, 7) is 7.85. The molecule has 0 saturated heterocycles. The molecular weight excluding hydrogens is 479 g/mol. The Balaban J connectivity index is 0.000000223. The normalized spacial score (nSPS) is 9.82. The van der Waals surface area contributed by atoms with Crippen LogP contribution in [-0.4, -0.2) is 35.4 Å². The Morgan fingerprint density at radius 1 is 0.485 bits per heavy atom. The third-order valence-electron chi connectivity index (χ3n) is 4.55. The Bertz CT molecular complexity index is 1070. The van der Waals surface area contributed by atoms with E-state index in [0.717, 1.165) is 31.2 Å². The second kappa shape index (κ2) is 12.6. The summed E-state index contributed by atoms with van der Waals surface area (Å²) in [7, 11) is 0. The maximum absolute atomic E-state index is 10.1. The van der Waals surface area contributed by atoms with Gasteiger partial charge in [-0.3, -0.25) is 0 Å². The van der Waals surface area contributed by atoms with Crippen molar-refractivity contribution in [2.75, 3.05) is 0 Å². The molecule has 4 aromatic carbocycles. The van der Waals surface area contributed by atoms with Gasteiger partial charge in [0.1, 0.15) is 11.5 Å². The van der Waals surface area contributed by atoms with E-state index in [-0.39, 0.29) is 15.0 Å². The smallest absolute Gasteiger partial charge is 0.115 e. The van der Waals surface area contributed by atoms with Crippen LogP contribution in [0.2, 0.25) is 0 Å². The van der Waals surface area contributed by atoms with Crippen molar-refractivity contribution in [1.82, 2.24) is 0 Å². The zero-order chi connectivity index (χ0) is 24.4. The second-order valence-electron chi connectivity index (χ2n) is 7.63. The molecule has 4 rings (SSSR count). The van der Waals surface area contributed by atoms with Crippen molar-refractivity contribution < 1.29 is 20.4 Å². The van der Waals surface area contributed by atoms with Crippen molar-refractivity contribution in [2.24, 2.45) is 0 Å². The molecule has 5 heteroatoms. The first-order valence-corrected chi connectivity index (χ1v) is 12.1. The van der Waals surface area contributed by atoms with Crippen LogP contribution in [0.25, 0.3) is 0 Å². The standard InChI is InChI=1S/C16H18O2Se.2C6H6O/c1-9-5-11(3)15(17)13(7-9)19-14-8-10(2)6-12(4)16(14)18;2*7-6-4-2-1-3-5-6/h5-8,17-18H,1-4H3;2*1-5,7H. The van der Waals surface area contributed by atoms with Crippen LogP contribution in [0.3, 0.4) is 0 Å². The topological polar surface area (TPSA) is 80.9 Å². The predicted molar refractivity (Wildman–Crippen MR) is 136 cm³/mol. The largest absolute Gasteiger partial charge is 0.508 e. The molecule has 0 bridgehead atoms. The van der Waals surface area contributed by atoms with Crippen LogP contribution >= 0.6 is 0 Å². The molecule has 0 aliphatic rings. The molecule has 0 aliphatic carbocycles. The van der Waals surface area contributed by atoms with Crippen LogP contribution in [0.4, 0.5) is 0 Å². The summed E-state index contributed by atoms with van der Waals surface area (Å²) in [6, 6.07) is 25.4. The van der Waals surface area contributed by atoms with Gasteiger partial charge in [-0.2, -0.15) is 0 Å². The number of benzene rings is 4. The van der Waals surface area contributed by atoms with E-state index in [1.165, 1.54) is 0 Å². The number of phenolic OH excluding ortho intramolecular Hbond substituents is 4. The molecule has 33 heavy (non-hydrogen) atoms. The second-order valence-corrected chi connectivity index (χ2v) is 9.90. The Labute approximate surface area is 202 Å². The third kappa shape index (κ3) is 8.57. The molecule has 0 atom stereocenters. The van der Waals surface area contributed by atoms with Gasteiger partial charge in [0, 0.05) is 0 Å². The summed E-state index contributed by atoms with van der Waals surface area (Å²) in [5.74, 6) is 1.35. The molecule has 0 aromatic heterocycles. The zero-order valence-corrected chi connectivity index (χ0v) is 21.0. The third-order valence-corrected chi connectivity index (χ3v) is 6.78. The van der Waals surface area contributed by atoms with E-state index in [2.05, 4.69) is 0 Å². The minimum absolute atomic E-state index is 0.0955. The van der Waals surface area contributed by atoms with Crippen LogP contribution in [0.5, 0.6) is 23.0 Å². The fraction of sp³-hybridized carbons (Fsp3) is 0.143. The predicted octanol–water partition coefficient (Wildman–Crippen LogP) is 4.77. The van der Waals surface area contributed by atoms with Crippen molar-refractivity contribution in [3.05, 3.63) is 107 Å². The van der Waals surface area contributed by atoms with Crippen molar-refractivity contribution in [3.63, 3.8) is 0 Å². The van der Waals surface area contributed by atoms with Gasteiger partial charge in [-0.1, -0.05) is 36.4 Å². The minimum atomic E-state index is -0.0955. The Kier molecular flexibility index (Phi) is 9.86. The molecule has 0 fully saturated rings. The molecule has 0 spiro atoms. The average Bonchev–Trinajstić information content (AvgIpc) is 2.77. The minimum Gasteiger partial charge on any atom is -0.508 e. The van der Waals surface area contributed by atoms with Gasteiger partial charge in [0.2, 0.25) is 0 Å². The maximum atomic E-state index is 10.1. The van der Waals surface area contributed by atoms with E-state index >= 15 is 0 Å². The van der Waals surface area contributed by atoms with E-state index < -0.39 is 0 Å². The molecule has 4 aromatic rings. The van der Waals surface area contributed by atoms with Gasteiger partial charge in [-0.05, 0) is 24.3 Å². The number of hydrogen-bond donors (Lipinski definition) is 4. The van der Waals surface area contributed by atoms with Gasteiger partial charge < -0.3 is 10.2 Å². The first kappa shape index (κ1) is 25.9. The van der Waals surface area contributed by atoms with Gasteiger partial charge in [0.25, 0.3) is 0 Å². The zero-order valence-electron chi connectivity index (χ0n) is 19.3.